The van der Waals surface area contributed by atoms with E-state index in [2.05, 4.69) is 20.9 Å². The second kappa shape index (κ2) is 10.7. The summed E-state index contributed by atoms with van der Waals surface area (Å²) in [6, 6.07) is 7.44. The minimum absolute atomic E-state index is 0. The fraction of sp³-hybridized carbons (Fsp3) is 0.579. The SMILES string of the molecule is CCNC(=NCCNC(=O)c1cccc(OC)c1)NC1CC2CCC1O2.I. The summed E-state index contributed by atoms with van der Waals surface area (Å²) in [4.78, 5) is 16.7. The molecule has 8 heteroatoms. The Labute approximate surface area is 177 Å². The summed E-state index contributed by atoms with van der Waals surface area (Å²) < 4.78 is 11.0. The number of carbonyl (C=O) groups excluding carboxylic acids is 1. The molecule has 3 unspecified atom stereocenters. The molecule has 2 heterocycles. The van der Waals surface area contributed by atoms with Gasteiger partial charge in [-0.05, 0) is 44.4 Å². The van der Waals surface area contributed by atoms with Crippen LogP contribution in [0.25, 0.3) is 0 Å². The first kappa shape index (κ1) is 21.7. The first-order chi connectivity index (χ1) is 12.7. The zero-order valence-corrected chi connectivity index (χ0v) is 18.2. The van der Waals surface area contributed by atoms with Crippen LogP contribution in [-0.2, 0) is 4.74 Å². The number of nitrogens with one attached hydrogen (secondary N) is 3. The molecular formula is C19H29IN4O3. The quantitative estimate of drug-likeness (QED) is 0.237. The van der Waals surface area contributed by atoms with Gasteiger partial charge in [-0.3, -0.25) is 9.79 Å². The Morgan fingerprint density at radius 3 is 2.85 bits per heavy atom. The Morgan fingerprint density at radius 2 is 2.19 bits per heavy atom. The zero-order chi connectivity index (χ0) is 18.4. The van der Waals surface area contributed by atoms with Crippen LogP contribution in [0.1, 0.15) is 36.5 Å². The zero-order valence-electron chi connectivity index (χ0n) is 15.9. The second-order valence-corrected chi connectivity index (χ2v) is 6.61. The van der Waals surface area contributed by atoms with Gasteiger partial charge in [0.05, 0.1) is 31.9 Å². The van der Waals surface area contributed by atoms with Gasteiger partial charge in [0, 0.05) is 18.7 Å². The van der Waals surface area contributed by atoms with Crippen molar-refractivity contribution in [2.24, 2.45) is 4.99 Å². The lowest BCUT2D eigenvalue weighted by molar-refractivity contribution is 0.0954. The molecule has 1 aromatic rings. The third-order valence-electron chi connectivity index (χ3n) is 4.77. The molecule has 150 valence electrons. The Bertz CT molecular complexity index is 656. The Balaban J connectivity index is 0.00000261. The van der Waals surface area contributed by atoms with Crippen LogP contribution < -0.4 is 20.7 Å². The third-order valence-corrected chi connectivity index (χ3v) is 4.77. The maximum atomic E-state index is 12.2. The number of halogens is 1. The standard InChI is InChI=1S/C19H28N4O3.HI/c1-3-20-19(23-16-12-15-7-8-17(16)26-15)22-10-9-21-18(24)13-5-4-6-14(11-13)25-2;/h4-6,11,15-17H,3,7-10,12H2,1-2H3,(H,21,24)(H2,20,22,23);1H. The third kappa shape index (κ3) is 5.97. The number of methoxy groups -OCH3 is 1. The number of fused-ring (bicyclic) bond motifs is 2. The van der Waals surface area contributed by atoms with Gasteiger partial charge in [0.25, 0.3) is 5.91 Å². The number of benzene rings is 1. The highest BCUT2D eigenvalue weighted by Crippen LogP contribution is 2.34. The number of hydrogen-bond acceptors (Lipinski definition) is 4. The molecule has 0 spiro atoms. The van der Waals surface area contributed by atoms with Crippen molar-refractivity contribution in [2.75, 3.05) is 26.7 Å². The topological polar surface area (TPSA) is 84.0 Å². The number of aliphatic imine (C=N–C) groups is 1. The van der Waals surface area contributed by atoms with Gasteiger partial charge in [-0.1, -0.05) is 6.07 Å². The van der Waals surface area contributed by atoms with Crippen LogP contribution in [0, 0.1) is 0 Å². The van der Waals surface area contributed by atoms with Crippen molar-refractivity contribution < 1.29 is 14.3 Å². The molecule has 2 fully saturated rings. The summed E-state index contributed by atoms with van der Waals surface area (Å²) in [6.07, 6.45) is 4.05. The van der Waals surface area contributed by atoms with E-state index in [-0.39, 0.29) is 29.9 Å². The predicted octanol–water partition coefficient (Wildman–Crippen LogP) is 1.92. The molecule has 7 nitrogen and oxygen atoms in total. The summed E-state index contributed by atoms with van der Waals surface area (Å²) in [5.41, 5.74) is 0.581. The average molecular weight is 488 g/mol. The summed E-state index contributed by atoms with van der Waals surface area (Å²) in [7, 11) is 1.59. The normalized spacial score (nSPS) is 23.5. The van der Waals surface area contributed by atoms with Gasteiger partial charge in [0.2, 0.25) is 0 Å². The smallest absolute Gasteiger partial charge is 0.251 e. The van der Waals surface area contributed by atoms with E-state index in [9.17, 15) is 4.79 Å². The number of amides is 1. The van der Waals surface area contributed by atoms with Gasteiger partial charge in [-0.15, -0.1) is 24.0 Å². The van der Waals surface area contributed by atoms with Crippen molar-refractivity contribution in [3.8, 4) is 5.75 Å². The Kier molecular flexibility index (Phi) is 8.62. The van der Waals surface area contributed by atoms with E-state index in [1.165, 1.54) is 6.42 Å². The van der Waals surface area contributed by atoms with Crippen molar-refractivity contribution in [2.45, 2.75) is 44.4 Å². The Morgan fingerprint density at radius 1 is 1.33 bits per heavy atom. The fourth-order valence-electron chi connectivity index (χ4n) is 3.49. The van der Waals surface area contributed by atoms with Gasteiger partial charge in [0.15, 0.2) is 5.96 Å². The molecule has 3 N–H and O–H groups in total. The second-order valence-electron chi connectivity index (χ2n) is 6.61. The van der Waals surface area contributed by atoms with E-state index >= 15 is 0 Å². The average Bonchev–Trinajstić information content (AvgIpc) is 3.28. The highest BCUT2D eigenvalue weighted by molar-refractivity contribution is 14.0. The molecule has 0 aliphatic carbocycles. The maximum absolute atomic E-state index is 12.2. The Hall–Kier alpha value is -1.55. The van der Waals surface area contributed by atoms with Gasteiger partial charge in [-0.2, -0.15) is 0 Å². The molecule has 0 saturated carbocycles. The monoisotopic (exact) mass is 488 g/mol. The number of hydrogen-bond donors (Lipinski definition) is 3. The van der Waals surface area contributed by atoms with Crippen LogP contribution in [0.15, 0.2) is 29.3 Å². The first-order valence-corrected chi connectivity index (χ1v) is 9.32. The molecule has 0 aromatic heterocycles. The molecule has 3 atom stereocenters. The summed E-state index contributed by atoms with van der Waals surface area (Å²) >= 11 is 0. The van der Waals surface area contributed by atoms with Gasteiger partial charge in [-0.25, -0.2) is 0 Å². The lowest BCUT2D eigenvalue weighted by Crippen LogP contribution is -2.47. The maximum Gasteiger partial charge on any atom is 0.251 e. The summed E-state index contributed by atoms with van der Waals surface area (Å²) in [5.74, 6) is 1.32. The number of ether oxygens (including phenoxy) is 2. The largest absolute Gasteiger partial charge is 0.497 e. The molecule has 2 saturated heterocycles. The molecule has 0 radical (unpaired) electrons. The van der Waals surface area contributed by atoms with E-state index in [4.69, 9.17) is 9.47 Å². The van der Waals surface area contributed by atoms with Crippen LogP contribution >= 0.6 is 24.0 Å². The fourth-order valence-corrected chi connectivity index (χ4v) is 3.49. The molecule has 2 aliphatic heterocycles. The summed E-state index contributed by atoms with van der Waals surface area (Å²) in [5, 5.41) is 9.61. The van der Waals surface area contributed by atoms with Crippen molar-refractivity contribution in [1.29, 1.82) is 0 Å². The highest BCUT2D eigenvalue weighted by Gasteiger charge is 2.41. The lowest BCUT2D eigenvalue weighted by Gasteiger charge is -2.22. The van der Waals surface area contributed by atoms with Gasteiger partial charge >= 0.3 is 0 Å². The van der Waals surface area contributed by atoms with Crippen molar-refractivity contribution in [3.63, 3.8) is 0 Å². The van der Waals surface area contributed by atoms with Crippen molar-refractivity contribution in [1.82, 2.24) is 16.0 Å². The molecule has 2 aliphatic rings. The van der Waals surface area contributed by atoms with E-state index < -0.39 is 0 Å². The van der Waals surface area contributed by atoms with E-state index in [1.807, 2.05) is 13.0 Å². The summed E-state index contributed by atoms with van der Waals surface area (Å²) in [6.45, 7) is 3.81. The molecule has 1 aromatic carbocycles. The first-order valence-electron chi connectivity index (χ1n) is 9.32. The molecule has 1 amide bonds. The molecule has 3 rings (SSSR count). The minimum atomic E-state index is -0.126. The van der Waals surface area contributed by atoms with Crippen LogP contribution in [-0.4, -0.2) is 56.9 Å². The van der Waals surface area contributed by atoms with Crippen molar-refractivity contribution >= 4 is 35.8 Å². The number of rotatable bonds is 7. The molecular weight excluding hydrogens is 459 g/mol. The van der Waals surface area contributed by atoms with E-state index in [1.54, 1.807) is 25.3 Å². The van der Waals surface area contributed by atoms with Crippen LogP contribution in [0.3, 0.4) is 0 Å². The van der Waals surface area contributed by atoms with Crippen LogP contribution in [0.4, 0.5) is 0 Å². The van der Waals surface area contributed by atoms with Crippen LogP contribution in [0.2, 0.25) is 0 Å². The van der Waals surface area contributed by atoms with Crippen molar-refractivity contribution in [3.05, 3.63) is 29.8 Å². The molecule has 2 bridgehead atoms. The number of nitrogens with zero attached hydrogens (tertiary/aromatic N) is 1. The van der Waals surface area contributed by atoms with Crippen LogP contribution in [0.5, 0.6) is 5.75 Å². The molecule has 27 heavy (non-hydrogen) atoms. The van der Waals surface area contributed by atoms with E-state index in [0.29, 0.717) is 42.7 Å². The number of guanidine groups is 1. The van der Waals surface area contributed by atoms with E-state index in [0.717, 1.165) is 25.3 Å². The van der Waals surface area contributed by atoms with Gasteiger partial charge in [0.1, 0.15) is 5.75 Å². The van der Waals surface area contributed by atoms with Gasteiger partial charge < -0.3 is 25.4 Å². The highest BCUT2D eigenvalue weighted by atomic mass is 127. The minimum Gasteiger partial charge on any atom is -0.497 e. The number of carbonyl (C=O) groups is 1. The lowest BCUT2D eigenvalue weighted by atomic mass is 9.96. The predicted molar refractivity (Wildman–Crippen MR) is 116 cm³/mol.